The van der Waals surface area contributed by atoms with E-state index in [0.717, 1.165) is 17.5 Å². The summed E-state index contributed by atoms with van der Waals surface area (Å²) in [6.45, 7) is 5.74. The Morgan fingerprint density at radius 2 is 1.83 bits per heavy atom. The molecular formula is C25H31N5O4S. The zero-order chi connectivity index (χ0) is 25.4. The molecule has 2 atom stereocenters. The molecule has 10 heteroatoms. The number of hydrogen-bond acceptors (Lipinski definition) is 8. The molecule has 0 spiro atoms. The van der Waals surface area contributed by atoms with Gasteiger partial charge in [-0.1, -0.05) is 31.2 Å². The molecule has 1 amide bonds. The first-order chi connectivity index (χ1) is 16.7. The highest BCUT2D eigenvalue weighted by Gasteiger charge is 2.14. The normalized spacial score (nSPS) is 13.4. The molecule has 186 valence electrons. The Balaban J connectivity index is 1.83. The van der Waals surface area contributed by atoms with E-state index in [1.54, 1.807) is 37.4 Å². The molecule has 1 aromatic heterocycles. The third-order valence-electron chi connectivity index (χ3n) is 5.13. The lowest BCUT2D eigenvalue weighted by Gasteiger charge is -2.17. The minimum atomic E-state index is -3.05. The molecule has 3 aromatic rings. The van der Waals surface area contributed by atoms with Crippen LogP contribution in [0.5, 0.6) is 0 Å². The Bertz CT molecular complexity index is 1250. The Labute approximate surface area is 206 Å². The van der Waals surface area contributed by atoms with Crippen LogP contribution < -0.4 is 15.4 Å². The molecule has 9 nitrogen and oxygen atoms in total. The van der Waals surface area contributed by atoms with Crippen LogP contribution in [-0.4, -0.2) is 50.5 Å². The van der Waals surface area contributed by atoms with Crippen molar-refractivity contribution in [3.05, 3.63) is 60.3 Å². The summed E-state index contributed by atoms with van der Waals surface area (Å²) in [5.74, 6) is 4.55. The van der Waals surface area contributed by atoms with Gasteiger partial charge in [0.25, 0.3) is 0 Å². The van der Waals surface area contributed by atoms with E-state index in [9.17, 15) is 14.1 Å². The van der Waals surface area contributed by atoms with E-state index in [2.05, 4.69) is 50.3 Å². The Morgan fingerprint density at radius 3 is 2.43 bits per heavy atom. The number of aromatic nitrogens is 2. The smallest absolute Gasteiger partial charge is 0.418 e. The fourth-order valence-corrected chi connectivity index (χ4v) is 4.23. The lowest BCUT2D eigenvalue weighted by atomic mass is 10.0. The molecule has 0 aliphatic carbocycles. The lowest BCUT2D eigenvalue weighted by molar-refractivity contribution is 0.159. The zero-order valence-electron chi connectivity index (χ0n) is 20.1. The molecule has 0 saturated heterocycles. The molecule has 0 fully saturated rings. The van der Waals surface area contributed by atoms with Crippen LogP contribution in [0.3, 0.4) is 0 Å². The van der Waals surface area contributed by atoms with Crippen molar-refractivity contribution in [2.75, 3.05) is 23.8 Å². The standard InChI is InChI=1S/C25H31N5O4S/c1-5-18-7-9-19(10-8-18)22-15-26-24(29-23(22)27-17(3)16-31)28-20-11-13-21(14-12-20)35(4,33)30-25(32)34-6-2/h7-15,17,31H,4-6,16H2,1-3H3,(H,30,32,33)(H2,26,27,28,29)/t17-,35?/m1/s1. The number of hydrogen-bond donors (Lipinski definition) is 4. The summed E-state index contributed by atoms with van der Waals surface area (Å²) < 4.78 is 19.8. The van der Waals surface area contributed by atoms with Crippen molar-refractivity contribution in [3.63, 3.8) is 0 Å². The highest BCUT2D eigenvalue weighted by atomic mass is 32.2. The van der Waals surface area contributed by atoms with Crippen molar-refractivity contribution >= 4 is 39.1 Å². The van der Waals surface area contributed by atoms with Gasteiger partial charge in [0.15, 0.2) is 0 Å². The van der Waals surface area contributed by atoms with Crippen LogP contribution in [0.4, 0.5) is 22.2 Å². The van der Waals surface area contributed by atoms with Crippen molar-refractivity contribution < 1.29 is 18.8 Å². The first-order valence-electron chi connectivity index (χ1n) is 11.3. The summed E-state index contributed by atoms with van der Waals surface area (Å²) >= 11 is 0. The van der Waals surface area contributed by atoms with Gasteiger partial charge in [-0.05, 0) is 61.5 Å². The predicted molar refractivity (Wildman–Crippen MR) is 140 cm³/mol. The van der Waals surface area contributed by atoms with E-state index < -0.39 is 15.8 Å². The topological polar surface area (TPSA) is 125 Å². The number of carbonyl (C=O) groups excluding carboxylic acids is 1. The molecule has 2 aromatic carbocycles. The molecule has 0 bridgehead atoms. The minimum Gasteiger partial charge on any atom is -0.449 e. The van der Waals surface area contributed by atoms with Gasteiger partial charge in [0.1, 0.15) is 5.82 Å². The number of nitrogens with zero attached hydrogens (tertiary/aromatic N) is 2. The summed E-state index contributed by atoms with van der Waals surface area (Å²) in [5, 5.41) is 15.9. The molecule has 0 aliphatic rings. The van der Waals surface area contributed by atoms with Crippen LogP contribution in [-0.2, 0) is 20.9 Å². The second-order valence-electron chi connectivity index (χ2n) is 7.88. The summed E-state index contributed by atoms with van der Waals surface area (Å²) in [6, 6.07) is 14.6. The SMILES string of the molecule is C=S(=O)(NC(=O)OCC)c1ccc(Nc2ncc(-c3ccc(CC)cc3)c(N[C@H](C)CO)n2)cc1. The zero-order valence-corrected chi connectivity index (χ0v) is 20.9. The fraction of sp³-hybridized carbons (Fsp3) is 0.280. The first-order valence-corrected chi connectivity index (χ1v) is 13.0. The molecule has 4 N–H and O–H groups in total. The number of anilines is 3. The van der Waals surface area contributed by atoms with Crippen LogP contribution in [0.15, 0.2) is 59.6 Å². The maximum atomic E-state index is 12.7. The molecule has 3 rings (SSSR count). The number of amides is 1. The number of ether oxygens (including phenoxy) is 1. The van der Waals surface area contributed by atoms with E-state index in [1.807, 2.05) is 19.1 Å². The maximum absolute atomic E-state index is 12.7. The van der Waals surface area contributed by atoms with Gasteiger partial charge in [0, 0.05) is 28.4 Å². The molecule has 0 radical (unpaired) electrons. The molecule has 1 heterocycles. The van der Waals surface area contributed by atoms with Gasteiger partial charge in [-0.2, -0.15) is 4.98 Å². The number of carbonyl (C=O) groups is 1. The van der Waals surface area contributed by atoms with Crippen LogP contribution >= 0.6 is 0 Å². The van der Waals surface area contributed by atoms with Gasteiger partial charge in [0.2, 0.25) is 5.95 Å². The summed E-state index contributed by atoms with van der Waals surface area (Å²) in [7, 11) is -3.05. The Hall–Kier alpha value is -3.63. The highest BCUT2D eigenvalue weighted by molar-refractivity contribution is 7.99. The Kier molecular flexibility index (Phi) is 8.67. The van der Waals surface area contributed by atoms with Crippen molar-refractivity contribution in [2.24, 2.45) is 0 Å². The van der Waals surface area contributed by atoms with Gasteiger partial charge in [-0.3, -0.25) is 0 Å². The van der Waals surface area contributed by atoms with Crippen LogP contribution in [0.1, 0.15) is 26.3 Å². The lowest BCUT2D eigenvalue weighted by Crippen LogP contribution is -2.30. The van der Waals surface area contributed by atoms with Gasteiger partial charge in [0.05, 0.1) is 22.9 Å². The monoisotopic (exact) mass is 497 g/mol. The van der Waals surface area contributed by atoms with E-state index in [1.165, 1.54) is 5.56 Å². The Morgan fingerprint density at radius 1 is 1.14 bits per heavy atom. The molecular weight excluding hydrogens is 466 g/mol. The number of benzene rings is 2. The summed E-state index contributed by atoms with van der Waals surface area (Å²) in [6.07, 6.45) is 1.89. The number of aryl methyl sites for hydroxylation is 1. The molecule has 0 aliphatic heterocycles. The van der Waals surface area contributed by atoms with Gasteiger partial charge < -0.3 is 20.5 Å². The second kappa shape index (κ2) is 11.7. The van der Waals surface area contributed by atoms with Gasteiger partial charge in [-0.15, -0.1) is 0 Å². The summed E-state index contributed by atoms with van der Waals surface area (Å²) in [5.41, 5.74) is 3.67. The maximum Gasteiger partial charge on any atom is 0.418 e. The molecule has 1 unspecified atom stereocenters. The van der Waals surface area contributed by atoms with Crippen molar-refractivity contribution in [1.82, 2.24) is 14.7 Å². The van der Waals surface area contributed by atoms with Crippen molar-refractivity contribution in [2.45, 2.75) is 38.1 Å². The van der Waals surface area contributed by atoms with E-state index in [0.29, 0.717) is 22.3 Å². The largest absolute Gasteiger partial charge is 0.449 e. The molecule has 0 saturated carbocycles. The molecule has 35 heavy (non-hydrogen) atoms. The number of aliphatic hydroxyl groups is 1. The third kappa shape index (κ3) is 6.93. The van der Waals surface area contributed by atoms with Gasteiger partial charge in [-0.25, -0.2) is 18.7 Å². The highest BCUT2D eigenvalue weighted by Crippen LogP contribution is 2.28. The van der Waals surface area contributed by atoms with Crippen molar-refractivity contribution in [1.29, 1.82) is 0 Å². The quantitative estimate of drug-likeness (QED) is 0.310. The van der Waals surface area contributed by atoms with Crippen LogP contribution in [0.2, 0.25) is 0 Å². The fourth-order valence-electron chi connectivity index (χ4n) is 3.20. The average Bonchev–Trinajstić information content (AvgIpc) is 2.84. The van der Waals surface area contributed by atoms with Crippen molar-refractivity contribution in [3.8, 4) is 11.1 Å². The van der Waals surface area contributed by atoms with E-state index in [-0.39, 0.29) is 19.3 Å². The van der Waals surface area contributed by atoms with Crippen LogP contribution in [0.25, 0.3) is 11.1 Å². The third-order valence-corrected chi connectivity index (χ3v) is 6.66. The van der Waals surface area contributed by atoms with E-state index in [4.69, 9.17) is 4.74 Å². The average molecular weight is 498 g/mol. The van der Waals surface area contributed by atoms with Crippen LogP contribution in [0, 0.1) is 0 Å². The minimum absolute atomic E-state index is 0.0490. The number of rotatable bonds is 10. The first kappa shape index (κ1) is 26.0. The predicted octanol–water partition coefficient (Wildman–Crippen LogP) is 3.98. The number of aliphatic hydroxyl groups excluding tert-OH is 1. The second-order valence-corrected chi connectivity index (χ2v) is 9.91. The number of nitrogens with one attached hydrogen (secondary N) is 3. The van der Waals surface area contributed by atoms with Gasteiger partial charge >= 0.3 is 6.09 Å². The summed E-state index contributed by atoms with van der Waals surface area (Å²) in [4.78, 5) is 21.0. The van der Waals surface area contributed by atoms with E-state index >= 15 is 0 Å².